The van der Waals surface area contributed by atoms with Gasteiger partial charge >= 0.3 is 0 Å². The molecule has 0 spiro atoms. The molecule has 1 aromatic carbocycles. The summed E-state index contributed by atoms with van der Waals surface area (Å²) < 4.78 is 0. The number of carbonyl (C=O) groups excluding carboxylic acids is 1. The van der Waals surface area contributed by atoms with Crippen LogP contribution >= 0.6 is 23.4 Å². The van der Waals surface area contributed by atoms with E-state index >= 15 is 0 Å². The lowest BCUT2D eigenvalue weighted by molar-refractivity contribution is -0.109. The first kappa shape index (κ1) is 14.3. The summed E-state index contributed by atoms with van der Waals surface area (Å²) in [6.07, 6.45) is 4.78. The van der Waals surface area contributed by atoms with Gasteiger partial charge in [0.25, 0.3) is 0 Å². The maximum Gasteiger partial charge on any atom is 0.185 e. The number of allylic oxidation sites excluding steroid dienone is 1. The second kappa shape index (κ2) is 7.54. The minimum atomic E-state index is -0.0254. The average molecular weight is 271 g/mol. The van der Waals surface area contributed by atoms with Crippen molar-refractivity contribution < 1.29 is 9.90 Å². The molecule has 0 fully saturated rings. The zero-order valence-electron chi connectivity index (χ0n) is 9.65. The molecule has 0 aliphatic carbocycles. The highest BCUT2D eigenvalue weighted by Crippen LogP contribution is 2.18. The third kappa shape index (κ3) is 5.39. The molecular formula is C13H15ClO2S. The van der Waals surface area contributed by atoms with Crippen LogP contribution in [0.3, 0.4) is 0 Å². The molecule has 0 heterocycles. The Balaban J connectivity index is 2.55. The molecule has 1 aromatic rings. The van der Waals surface area contributed by atoms with Crippen molar-refractivity contribution in [3.8, 4) is 0 Å². The fraction of sp³-hybridized carbons (Fsp3) is 0.308. The van der Waals surface area contributed by atoms with E-state index in [1.807, 2.05) is 18.2 Å². The highest BCUT2D eigenvalue weighted by atomic mass is 35.5. The molecule has 92 valence electrons. The van der Waals surface area contributed by atoms with E-state index in [9.17, 15) is 9.90 Å². The van der Waals surface area contributed by atoms with Gasteiger partial charge in [0.1, 0.15) is 0 Å². The van der Waals surface area contributed by atoms with Crippen LogP contribution in [0.2, 0.25) is 5.02 Å². The number of hydrogen-bond acceptors (Lipinski definition) is 3. The van der Waals surface area contributed by atoms with E-state index in [-0.39, 0.29) is 11.7 Å². The van der Waals surface area contributed by atoms with Crippen molar-refractivity contribution in [1.29, 1.82) is 0 Å². The van der Waals surface area contributed by atoms with Gasteiger partial charge in [0, 0.05) is 17.7 Å². The van der Waals surface area contributed by atoms with E-state index in [4.69, 9.17) is 11.6 Å². The Morgan fingerprint density at radius 1 is 1.53 bits per heavy atom. The van der Waals surface area contributed by atoms with E-state index in [0.29, 0.717) is 5.02 Å². The summed E-state index contributed by atoms with van der Waals surface area (Å²) in [6, 6.07) is 5.43. The third-order valence-electron chi connectivity index (χ3n) is 2.16. The van der Waals surface area contributed by atoms with Crippen LogP contribution in [0.25, 0.3) is 6.08 Å². The second-order valence-electron chi connectivity index (χ2n) is 3.53. The molecule has 0 bridgehead atoms. The predicted molar refractivity (Wildman–Crippen MR) is 74.2 cm³/mol. The zero-order valence-corrected chi connectivity index (χ0v) is 11.2. The van der Waals surface area contributed by atoms with Crippen LogP contribution in [0.4, 0.5) is 0 Å². The Labute approximate surface area is 111 Å². The molecular weight excluding hydrogens is 256 g/mol. The molecule has 0 atom stereocenters. The zero-order chi connectivity index (χ0) is 12.7. The molecule has 0 amide bonds. The van der Waals surface area contributed by atoms with Gasteiger partial charge in [-0.25, -0.2) is 0 Å². The summed E-state index contributed by atoms with van der Waals surface area (Å²) in [4.78, 5) is 10.7. The molecule has 4 heteroatoms. The maximum atomic E-state index is 10.7. The van der Waals surface area contributed by atoms with Gasteiger partial charge in [-0.15, -0.1) is 0 Å². The molecule has 0 saturated heterocycles. The lowest BCUT2D eigenvalue weighted by Gasteiger charge is -2.03. The van der Waals surface area contributed by atoms with Gasteiger partial charge in [0.2, 0.25) is 0 Å². The minimum absolute atomic E-state index is 0.0254. The first-order chi connectivity index (χ1) is 8.13. The molecule has 1 N–H and O–H groups in total. The fourth-order valence-corrected chi connectivity index (χ4v) is 2.09. The molecule has 0 aliphatic heterocycles. The van der Waals surface area contributed by atoms with Gasteiger partial charge in [0.15, 0.2) is 5.12 Å². The Hall–Kier alpha value is -0.770. The first-order valence-electron chi connectivity index (χ1n) is 5.32. The van der Waals surface area contributed by atoms with Gasteiger partial charge in [0.05, 0.1) is 6.61 Å². The predicted octanol–water partition coefficient (Wildman–Crippen LogP) is 3.52. The van der Waals surface area contributed by atoms with Crippen LogP contribution in [-0.4, -0.2) is 16.0 Å². The van der Waals surface area contributed by atoms with Crippen molar-refractivity contribution in [2.24, 2.45) is 0 Å². The van der Waals surface area contributed by atoms with Crippen molar-refractivity contribution in [2.45, 2.75) is 20.0 Å². The fourth-order valence-electron chi connectivity index (χ4n) is 1.35. The number of benzene rings is 1. The molecule has 17 heavy (non-hydrogen) atoms. The number of thioether (sulfide) groups is 1. The number of aliphatic hydroxyl groups is 1. The van der Waals surface area contributed by atoms with Gasteiger partial charge in [-0.2, -0.15) is 0 Å². The van der Waals surface area contributed by atoms with Gasteiger partial charge in [-0.05, 0) is 29.7 Å². The van der Waals surface area contributed by atoms with Gasteiger partial charge < -0.3 is 5.11 Å². The lowest BCUT2D eigenvalue weighted by Crippen LogP contribution is -1.88. The maximum absolute atomic E-state index is 10.7. The van der Waals surface area contributed by atoms with E-state index < -0.39 is 0 Å². The number of rotatable bonds is 5. The lowest BCUT2D eigenvalue weighted by atomic mass is 10.1. The highest BCUT2D eigenvalue weighted by Gasteiger charge is 1.99. The molecule has 2 nitrogen and oxygen atoms in total. The summed E-state index contributed by atoms with van der Waals surface area (Å²) in [5, 5.41) is 9.94. The quantitative estimate of drug-likeness (QED) is 0.832. The second-order valence-corrected chi connectivity index (χ2v) is 5.24. The van der Waals surface area contributed by atoms with Gasteiger partial charge in [-0.3, -0.25) is 4.79 Å². The minimum Gasteiger partial charge on any atom is -0.392 e. The Bertz CT molecular complexity index is 416. The summed E-state index contributed by atoms with van der Waals surface area (Å²) >= 11 is 7.16. The monoisotopic (exact) mass is 270 g/mol. The Morgan fingerprint density at radius 2 is 2.29 bits per heavy atom. The van der Waals surface area contributed by atoms with Crippen molar-refractivity contribution in [2.75, 3.05) is 5.75 Å². The van der Waals surface area contributed by atoms with Crippen LogP contribution in [0, 0.1) is 0 Å². The molecule has 0 radical (unpaired) electrons. The van der Waals surface area contributed by atoms with Crippen molar-refractivity contribution in [3.63, 3.8) is 0 Å². The highest BCUT2D eigenvalue weighted by molar-refractivity contribution is 8.13. The van der Waals surface area contributed by atoms with Gasteiger partial charge in [-0.1, -0.05) is 41.6 Å². The van der Waals surface area contributed by atoms with E-state index in [1.54, 1.807) is 19.1 Å². The number of halogens is 1. The number of hydrogen-bond donors (Lipinski definition) is 1. The van der Waals surface area contributed by atoms with Crippen LogP contribution in [0.1, 0.15) is 24.5 Å². The standard InChI is InChI=1S/C13H15ClO2S/c1-10(16)17-7-3-2-4-11-5-6-13(14)8-12(11)9-15/h2,4-6,8,15H,3,7,9H2,1H3. The average Bonchev–Trinajstić information content (AvgIpc) is 2.29. The Kier molecular flexibility index (Phi) is 6.34. The summed E-state index contributed by atoms with van der Waals surface area (Å²) in [6.45, 7) is 1.54. The van der Waals surface area contributed by atoms with E-state index in [2.05, 4.69) is 0 Å². The van der Waals surface area contributed by atoms with Crippen LogP contribution in [0.15, 0.2) is 24.3 Å². The number of aliphatic hydroxyl groups excluding tert-OH is 1. The van der Waals surface area contributed by atoms with E-state index in [1.165, 1.54) is 11.8 Å². The van der Waals surface area contributed by atoms with Crippen molar-refractivity contribution >= 4 is 34.6 Å². The first-order valence-corrected chi connectivity index (χ1v) is 6.69. The van der Waals surface area contributed by atoms with Crippen molar-refractivity contribution in [3.05, 3.63) is 40.4 Å². The molecule has 0 aromatic heterocycles. The van der Waals surface area contributed by atoms with Crippen molar-refractivity contribution in [1.82, 2.24) is 0 Å². The topological polar surface area (TPSA) is 37.3 Å². The third-order valence-corrected chi connectivity index (χ3v) is 3.24. The SMILES string of the molecule is CC(=O)SCCC=Cc1ccc(Cl)cc1CO. The normalized spacial score (nSPS) is 11.0. The van der Waals surface area contributed by atoms with Crippen LogP contribution in [-0.2, 0) is 11.4 Å². The van der Waals surface area contributed by atoms with Crippen LogP contribution < -0.4 is 0 Å². The smallest absolute Gasteiger partial charge is 0.185 e. The summed E-state index contributed by atoms with van der Waals surface area (Å²) in [7, 11) is 0. The molecule has 0 aliphatic rings. The van der Waals surface area contributed by atoms with Crippen LogP contribution in [0.5, 0.6) is 0 Å². The molecule has 0 saturated carbocycles. The Morgan fingerprint density at radius 3 is 2.94 bits per heavy atom. The van der Waals surface area contributed by atoms with E-state index in [0.717, 1.165) is 23.3 Å². The summed E-state index contributed by atoms with van der Waals surface area (Å²) in [5.74, 6) is 0.786. The molecule has 1 rings (SSSR count). The summed E-state index contributed by atoms with van der Waals surface area (Å²) in [5.41, 5.74) is 1.78. The number of carbonyl (C=O) groups is 1. The molecule has 0 unspecified atom stereocenters. The largest absolute Gasteiger partial charge is 0.392 e.